The maximum absolute atomic E-state index is 12.9. The maximum Gasteiger partial charge on any atom is 0.293 e. The van der Waals surface area contributed by atoms with Gasteiger partial charge >= 0.3 is 0 Å². The number of carbonyl (C=O) groups excluding carboxylic acids is 4. The maximum atomic E-state index is 12.9. The van der Waals surface area contributed by atoms with Gasteiger partial charge in [-0.15, -0.1) is 0 Å². The Kier molecular flexibility index (Phi) is 7.64. The summed E-state index contributed by atoms with van der Waals surface area (Å²) in [5.41, 5.74) is 1.32. The zero-order valence-electron chi connectivity index (χ0n) is 21.4. The quantitative estimate of drug-likeness (QED) is 0.492. The van der Waals surface area contributed by atoms with E-state index in [0.29, 0.717) is 47.5 Å². The highest BCUT2D eigenvalue weighted by Gasteiger charge is 2.37. The molecule has 3 heterocycles. The zero-order valence-corrected chi connectivity index (χ0v) is 22.2. The normalized spacial score (nSPS) is 19.6. The fourth-order valence-corrected chi connectivity index (χ4v) is 5.42. The van der Waals surface area contributed by atoms with E-state index in [-0.39, 0.29) is 42.8 Å². The largest absolute Gasteiger partial charge is 0.493 e. The van der Waals surface area contributed by atoms with Gasteiger partial charge < -0.3 is 29.2 Å². The van der Waals surface area contributed by atoms with E-state index in [9.17, 15) is 19.2 Å². The fourth-order valence-electron chi connectivity index (χ4n) is 4.55. The van der Waals surface area contributed by atoms with E-state index < -0.39 is 17.1 Å². The Labute approximate surface area is 229 Å². The van der Waals surface area contributed by atoms with Crippen molar-refractivity contribution in [3.8, 4) is 23.0 Å². The first kappa shape index (κ1) is 26.4. The zero-order chi connectivity index (χ0) is 27.5. The molecule has 2 saturated heterocycles. The minimum atomic E-state index is -0.550. The Bertz CT molecular complexity index is 1360. The van der Waals surface area contributed by atoms with Gasteiger partial charge in [-0.1, -0.05) is 6.07 Å². The molecule has 11 nitrogen and oxygen atoms in total. The third-order valence-electron chi connectivity index (χ3n) is 6.55. The first-order chi connectivity index (χ1) is 18.9. The number of benzene rings is 2. The molecule has 0 radical (unpaired) electrons. The molecule has 1 unspecified atom stereocenters. The van der Waals surface area contributed by atoms with Crippen LogP contribution in [0, 0.1) is 5.92 Å². The first-order valence-corrected chi connectivity index (χ1v) is 13.1. The summed E-state index contributed by atoms with van der Waals surface area (Å²) >= 11 is 0.835. The number of anilines is 1. The van der Waals surface area contributed by atoms with Gasteiger partial charge in [0.05, 0.1) is 25.0 Å². The smallest absolute Gasteiger partial charge is 0.293 e. The summed E-state index contributed by atoms with van der Waals surface area (Å²) < 4.78 is 21.6. The summed E-state index contributed by atoms with van der Waals surface area (Å²) in [6, 6.07) is 10.4. The minimum absolute atomic E-state index is 0.0201. The van der Waals surface area contributed by atoms with Gasteiger partial charge in [0.15, 0.2) is 23.0 Å². The monoisotopic (exact) mass is 553 g/mol. The number of imide groups is 1. The van der Waals surface area contributed by atoms with Gasteiger partial charge in [0.25, 0.3) is 11.1 Å². The summed E-state index contributed by atoms with van der Waals surface area (Å²) in [6.07, 6.45) is 1.68. The van der Waals surface area contributed by atoms with E-state index in [4.69, 9.17) is 18.9 Å². The van der Waals surface area contributed by atoms with E-state index >= 15 is 0 Å². The van der Waals surface area contributed by atoms with Gasteiger partial charge in [-0.2, -0.15) is 0 Å². The van der Waals surface area contributed by atoms with Crippen LogP contribution in [0.5, 0.6) is 23.0 Å². The topological polar surface area (TPSA) is 124 Å². The average molecular weight is 554 g/mol. The molecule has 204 valence electrons. The fraction of sp³-hybridized carbons (Fsp3) is 0.333. The molecule has 39 heavy (non-hydrogen) atoms. The lowest BCUT2D eigenvalue weighted by molar-refractivity contribution is -0.127. The molecule has 3 aliphatic heterocycles. The molecule has 0 aliphatic carbocycles. The van der Waals surface area contributed by atoms with Gasteiger partial charge in [0.1, 0.15) is 13.2 Å². The molecule has 0 bridgehead atoms. The Morgan fingerprint density at radius 3 is 2.59 bits per heavy atom. The third kappa shape index (κ3) is 5.51. The predicted octanol–water partition coefficient (Wildman–Crippen LogP) is 2.68. The van der Waals surface area contributed by atoms with Crippen molar-refractivity contribution >= 4 is 46.5 Å². The number of hydrogen-bond donors (Lipinski definition) is 1. The van der Waals surface area contributed by atoms with Gasteiger partial charge in [0, 0.05) is 37.8 Å². The van der Waals surface area contributed by atoms with Gasteiger partial charge in [0.2, 0.25) is 11.8 Å². The van der Waals surface area contributed by atoms with Crippen molar-refractivity contribution in [2.24, 2.45) is 5.92 Å². The molecule has 2 aromatic rings. The standard InChI is InChI=1S/C27H27N3O8S/c1-35-19-5-3-16(11-21(19)36-2)12-23-26(33)29(27(34)39-23)8-7-28-25(32)17-13-24(31)30(15-17)18-4-6-20-22(14-18)38-10-9-37-20/h3-6,11-12,14,17H,7-10,13,15H2,1-2H3,(H,28,32)/b23-12+. The third-order valence-corrected chi connectivity index (χ3v) is 7.45. The summed E-state index contributed by atoms with van der Waals surface area (Å²) in [5.74, 6) is 0.784. The molecule has 4 amide bonds. The highest BCUT2D eigenvalue weighted by molar-refractivity contribution is 8.18. The number of fused-ring (bicyclic) bond motifs is 1. The number of nitrogens with one attached hydrogen (secondary N) is 1. The molecule has 5 rings (SSSR count). The van der Waals surface area contributed by atoms with E-state index in [2.05, 4.69) is 5.32 Å². The molecule has 0 spiro atoms. The van der Waals surface area contributed by atoms with Crippen molar-refractivity contribution in [1.82, 2.24) is 10.2 Å². The second kappa shape index (κ2) is 11.3. The molecule has 12 heteroatoms. The Morgan fingerprint density at radius 2 is 1.82 bits per heavy atom. The summed E-state index contributed by atoms with van der Waals surface area (Å²) in [5, 5.41) is 2.34. The van der Waals surface area contributed by atoms with Crippen LogP contribution < -0.4 is 29.2 Å². The predicted molar refractivity (Wildman–Crippen MR) is 143 cm³/mol. The van der Waals surface area contributed by atoms with Crippen LogP contribution in [-0.4, -0.2) is 74.9 Å². The Hall–Kier alpha value is -4.19. The second-order valence-corrected chi connectivity index (χ2v) is 9.97. The molecule has 2 aromatic carbocycles. The number of ether oxygens (including phenoxy) is 4. The summed E-state index contributed by atoms with van der Waals surface area (Å²) in [4.78, 5) is 53.7. The molecular formula is C27H27N3O8S. The summed E-state index contributed by atoms with van der Waals surface area (Å²) in [6.45, 7) is 1.23. The Morgan fingerprint density at radius 1 is 1.05 bits per heavy atom. The average Bonchev–Trinajstić information content (AvgIpc) is 3.47. The number of carbonyl (C=O) groups is 4. The lowest BCUT2D eigenvalue weighted by atomic mass is 10.1. The highest BCUT2D eigenvalue weighted by Crippen LogP contribution is 2.36. The van der Waals surface area contributed by atoms with Crippen LogP contribution in [0.25, 0.3) is 6.08 Å². The first-order valence-electron chi connectivity index (χ1n) is 12.3. The lowest BCUT2D eigenvalue weighted by Crippen LogP contribution is -2.40. The van der Waals surface area contributed by atoms with Gasteiger partial charge in [-0.3, -0.25) is 24.1 Å². The number of hydrogen-bond acceptors (Lipinski definition) is 9. The SMILES string of the molecule is COc1ccc(/C=C2/SC(=O)N(CCNC(=O)C3CC(=O)N(c4ccc5c(c4)OCCO5)C3)C2=O)cc1OC. The van der Waals surface area contributed by atoms with Crippen molar-refractivity contribution in [3.63, 3.8) is 0 Å². The Balaban J connectivity index is 1.15. The van der Waals surface area contributed by atoms with Crippen LogP contribution >= 0.6 is 11.8 Å². The lowest BCUT2D eigenvalue weighted by Gasteiger charge is -2.22. The van der Waals surface area contributed by atoms with Crippen molar-refractivity contribution < 1.29 is 38.1 Å². The van der Waals surface area contributed by atoms with Crippen LogP contribution in [0.1, 0.15) is 12.0 Å². The van der Waals surface area contributed by atoms with E-state index in [1.807, 2.05) is 0 Å². The minimum Gasteiger partial charge on any atom is -0.493 e. The van der Waals surface area contributed by atoms with Crippen molar-refractivity contribution in [2.45, 2.75) is 6.42 Å². The van der Waals surface area contributed by atoms with Crippen LogP contribution in [0.3, 0.4) is 0 Å². The van der Waals surface area contributed by atoms with E-state index in [1.54, 1.807) is 47.4 Å². The number of amides is 4. The molecule has 1 N–H and O–H groups in total. The summed E-state index contributed by atoms with van der Waals surface area (Å²) in [7, 11) is 3.05. The highest BCUT2D eigenvalue weighted by atomic mass is 32.2. The van der Waals surface area contributed by atoms with E-state index in [0.717, 1.165) is 16.7 Å². The number of nitrogens with zero attached hydrogens (tertiary/aromatic N) is 2. The van der Waals surface area contributed by atoms with Crippen molar-refractivity contribution in [3.05, 3.63) is 46.9 Å². The van der Waals surface area contributed by atoms with Crippen molar-refractivity contribution in [2.75, 3.05) is 52.0 Å². The van der Waals surface area contributed by atoms with Gasteiger partial charge in [-0.25, -0.2) is 0 Å². The number of methoxy groups -OCH3 is 2. The van der Waals surface area contributed by atoms with Gasteiger partial charge in [-0.05, 0) is 47.7 Å². The van der Waals surface area contributed by atoms with Crippen LogP contribution in [-0.2, 0) is 14.4 Å². The molecule has 0 saturated carbocycles. The molecule has 1 atom stereocenters. The van der Waals surface area contributed by atoms with Crippen LogP contribution in [0.4, 0.5) is 10.5 Å². The number of thioether (sulfide) groups is 1. The second-order valence-electron chi connectivity index (χ2n) is 8.97. The molecular weight excluding hydrogens is 526 g/mol. The van der Waals surface area contributed by atoms with Crippen molar-refractivity contribution in [1.29, 1.82) is 0 Å². The number of rotatable bonds is 8. The molecule has 2 fully saturated rings. The van der Waals surface area contributed by atoms with Crippen LogP contribution in [0.2, 0.25) is 0 Å². The molecule has 0 aromatic heterocycles. The van der Waals surface area contributed by atoms with Crippen LogP contribution in [0.15, 0.2) is 41.3 Å². The van der Waals surface area contributed by atoms with E-state index in [1.165, 1.54) is 14.2 Å². The molecule has 3 aliphatic rings.